The molecule has 27 heavy (non-hydrogen) atoms. The predicted octanol–water partition coefficient (Wildman–Crippen LogP) is 3.54. The lowest BCUT2D eigenvalue weighted by atomic mass is 10.1. The minimum absolute atomic E-state index is 0.153. The van der Waals surface area contributed by atoms with Crippen LogP contribution in [0.4, 0.5) is 5.69 Å². The summed E-state index contributed by atoms with van der Waals surface area (Å²) < 4.78 is 16.8. The molecule has 0 saturated heterocycles. The molecule has 6 nitrogen and oxygen atoms in total. The Bertz CT molecular complexity index is 959. The van der Waals surface area contributed by atoms with Crippen molar-refractivity contribution in [1.29, 1.82) is 0 Å². The molecule has 1 atom stereocenters. The summed E-state index contributed by atoms with van der Waals surface area (Å²) in [6.45, 7) is 0.153. The number of para-hydroxylation sites is 2. The Balaban J connectivity index is 1.51. The van der Waals surface area contributed by atoms with Gasteiger partial charge in [-0.1, -0.05) is 18.2 Å². The lowest BCUT2D eigenvalue weighted by Gasteiger charge is -2.25. The van der Waals surface area contributed by atoms with E-state index in [0.717, 1.165) is 11.1 Å². The average molecular weight is 362 g/mol. The molecule has 3 aromatic rings. The molecule has 4 rings (SSSR count). The average Bonchev–Trinajstić information content (AvgIpc) is 2.74. The molecule has 1 N–H and O–H groups in total. The van der Waals surface area contributed by atoms with Gasteiger partial charge in [-0.05, 0) is 47.5 Å². The highest BCUT2D eigenvalue weighted by molar-refractivity contribution is 5.96. The smallest absolute Gasteiger partial charge is 0.269 e. The van der Waals surface area contributed by atoms with Crippen molar-refractivity contribution in [3.8, 4) is 28.4 Å². The molecule has 0 bridgehead atoms. The van der Waals surface area contributed by atoms with Crippen molar-refractivity contribution in [2.45, 2.75) is 6.10 Å². The number of nitrogens with zero attached hydrogens (tertiary/aromatic N) is 1. The number of aromatic nitrogens is 1. The Morgan fingerprint density at radius 3 is 2.63 bits per heavy atom. The zero-order valence-corrected chi connectivity index (χ0v) is 14.7. The first-order valence-corrected chi connectivity index (χ1v) is 8.52. The number of methoxy groups -OCH3 is 1. The summed E-state index contributed by atoms with van der Waals surface area (Å²) in [5, 5.41) is 2.86. The van der Waals surface area contributed by atoms with Crippen molar-refractivity contribution >= 4 is 11.6 Å². The summed E-state index contributed by atoms with van der Waals surface area (Å²) in [4.78, 5) is 16.6. The lowest BCUT2D eigenvalue weighted by molar-refractivity contribution is -0.125. The summed E-state index contributed by atoms with van der Waals surface area (Å²) >= 11 is 0. The van der Waals surface area contributed by atoms with E-state index in [4.69, 9.17) is 14.2 Å². The topological polar surface area (TPSA) is 69.7 Å². The number of fused-ring (bicyclic) bond motifs is 1. The monoisotopic (exact) mass is 362 g/mol. The first kappa shape index (κ1) is 16.9. The molecule has 1 aliphatic heterocycles. The first-order chi connectivity index (χ1) is 13.2. The van der Waals surface area contributed by atoms with Crippen LogP contribution in [0.2, 0.25) is 0 Å². The van der Waals surface area contributed by atoms with Crippen LogP contribution < -0.4 is 19.5 Å². The molecule has 6 heteroatoms. The Kier molecular flexibility index (Phi) is 4.61. The van der Waals surface area contributed by atoms with Crippen LogP contribution in [0.15, 0.2) is 67.0 Å². The molecule has 1 aliphatic rings. The third kappa shape index (κ3) is 3.55. The minimum Gasteiger partial charge on any atom is -0.495 e. The number of hydrogen-bond acceptors (Lipinski definition) is 5. The second-order valence-electron chi connectivity index (χ2n) is 6.00. The molecular formula is C21H18N2O4. The fourth-order valence-corrected chi connectivity index (χ4v) is 2.88. The maximum atomic E-state index is 12.6. The number of rotatable bonds is 4. The Hall–Kier alpha value is -3.54. The number of ether oxygens (including phenoxy) is 3. The summed E-state index contributed by atoms with van der Waals surface area (Å²) in [7, 11) is 1.57. The fraction of sp³-hybridized carbons (Fsp3) is 0.143. The van der Waals surface area contributed by atoms with Crippen molar-refractivity contribution in [2.75, 3.05) is 19.0 Å². The van der Waals surface area contributed by atoms with Gasteiger partial charge in [-0.2, -0.15) is 0 Å². The molecule has 0 aliphatic carbocycles. The van der Waals surface area contributed by atoms with Crippen LogP contribution in [0.3, 0.4) is 0 Å². The number of carbonyl (C=O) groups is 1. The molecule has 0 spiro atoms. The lowest BCUT2D eigenvalue weighted by Crippen LogP contribution is -2.40. The molecule has 0 radical (unpaired) electrons. The van der Waals surface area contributed by atoms with Crippen LogP contribution in [0.25, 0.3) is 11.1 Å². The number of benzene rings is 2. The van der Waals surface area contributed by atoms with Gasteiger partial charge < -0.3 is 19.5 Å². The molecule has 2 aromatic carbocycles. The van der Waals surface area contributed by atoms with E-state index in [2.05, 4.69) is 10.3 Å². The molecule has 0 fully saturated rings. The zero-order valence-electron chi connectivity index (χ0n) is 14.7. The maximum absolute atomic E-state index is 12.6. The van der Waals surface area contributed by atoms with Crippen molar-refractivity contribution in [3.05, 3.63) is 67.0 Å². The van der Waals surface area contributed by atoms with Gasteiger partial charge in [0.2, 0.25) is 6.10 Å². The van der Waals surface area contributed by atoms with Gasteiger partial charge in [-0.15, -0.1) is 0 Å². The number of pyridine rings is 1. The molecule has 1 unspecified atom stereocenters. The van der Waals surface area contributed by atoms with E-state index in [9.17, 15) is 4.79 Å². The number of nitrogens with one attached hydrogen (secondary N) is 1. The van der Waals surface area contributed by atoms with Crippen LogP contribution in [0.5, 0.6) is 17.2 Å². The van der Waals surface area contributed by atoms with Gasteiger partial charge in [-0.25, -0.2) is 0 Å². The molecular weight excluding hydrogens is 344 g/mol. The van der Waals surface area contributed by atoms with E-state index < -0.39 is 6.10 Å². The summed E-state index contributed by atoms with van der Waals surface area (Å²) in [5.74, 6) is 1.47. The van der Waals surface area contributed by atoms with Crippen LogP contribution in [0.1, 0.15) is 0 Å². The number of anilines is 1. The minimum atomic E-state index is -0.732. The second kappa shape index (κ2) is 7.37. The highest BCUT2D eigenvalue weighted by atomic mass is 16.6. The number of carbonyl (C=O) groups excluding carboxylic acids is 1. The van der Waals surface area contributed by atoms with Crippen LogP contribution in [-0.2, 0) is 4.79 Å². The van der Waals surface area contributed by atoms with Gasteiger partial charge in [0.25, 0.3) is 5.91 Å². The summed E-state index contributed by atoms with van der Waals surface area (Å²) in [6, 6.07) is 16.7. The third-order valence-corrected chi connectivity index (χ3v) is 4.27. The van der Waals surface area contributed by atoms with Crippen molar-refractivity contribution in [1.82, 2.24) is 4.98 Å². The van der Waals surface area contributed by atoms with Gasteiger partial charge >= 0.3 is 0 Å². The Labute approximate surface area is 156 Å². The summed E-state index contributed by atoms with van der Waals surface area (Å²) in [6.07, 6.45) is 2.73. The summed E-state index contributed by atoms with van der Waals surface area (Å²) in [5.41, 5.74) is 2.56. The normalized spacial score (nSPS) is 15.1. The maximum Gasteiger partial charge on any atom is 0.269 e. The van der Waals surface area contributed by atoms with E-state index in [1.165, 1.54) is 0 Å². The predicted molar refractivity (Wildman–Crippen MR) is 101 cm³/mol. The van der Waals surface area contributed by atoms with E-state index in [0.29, 0.717) is 22.9 Å². The first-order valence-electron chi connectivity index (χ1n) is 8.52. The van der Waals surface area contributed by atoms with Crippen molar-refractivity contribution < 1.29 is 19.0 Å². The van der Waals surface area contributed by atoms with E-state index in [1.54, 1.807) is 25.6 Å². The molecule has 2 heterocycles. The standard InChI is InChI=1S/C21H18N2O4/c1-25-19-12-15(14-8-10-22-11-9-14)6-7-16(19)23-21(24)20-13-26-17-4-2-3-5-18(17)27-20/h2-12,20H,13H2,1H3,(H,23,24). The van der Waals surface area contributed by atoms with Gasteiger partial charge in [0, 0.05) is 12.4 Å². The van der Waals surface area contributed by atoms with Gasteiger partial charge in [0.15, 0.2) is 11.5 Å². The van der Waals surface area contributed by atoms with Gasteiger partial charge in [-0.3, -0.25) is 9.78 Å². The highest BCUT2D eigenvalue weighted by Crippen LogP contribution is 2.33. The molecule has 1 amide bonds. The Morgan fingerprint density at radius 2 is 1.85 bits per heavy atom. The van der Waals surface area contributed by atoms with E-state index in [1.807, 2.05) is 48.5 Å². The SMILES string of the molecule is COc1cc(-c2ccncc2)ccc1NC(=O)C1COc2ccccc2O1. The van der Waals surface area contributed by atoms with E-state index >= 15 is 0 Å². The fourth-order valence-electron chi connectivity index (χ4n) is 2.88. The Morgan fingerprint density at radius 1 is 1.07 bits per heavy atom. The third-order valence-electron chi connectivity index (χ3n) is 4.27. The van der Waals surface area contributed by atoms with Crippen LogP contribution in [-0.4, -0.2) is 30.7 Å². The van der Waals surface area contributed by atoms with Crippen molar-refractivity contribution in [2.24, 2.45) is 0 Å². The number of amides is 1. The second-order valence-corrected chi connectivity index (χ2v) is 6.00. The van der Waals surface area contributed by atoms with Crippen LogP contribution >= 0.6 is 0 Å². The zero-order chi connectivity index (χ0) is 18.6. The van der Waals surface area contributed by atoms with Crippen LogP contribution in [0, 0.1) is 0 Å². The molecule has 1 aromatic heterocycles. The quantitative estimate of drug-likeness (QED) is 0.769. The van der Waals surface area contributed by atoms with E-state index in [-0.39, 0.29) is 12.5 Å². The van der Waals surface area contributed by atoms with Crippen molar-refractivity contribution in [3.63, 3.8) is 0 Å². The molecule has 0 saturated carbocycles. The highest BCUT2D eigenvalue weighted by Gasteiger charge is 2.27. The van der Waals surface area contributed by atoms with Gasteiger partial charge in [0.1, 0.15) is 12.4 Å². The van der Waals surface area contributed by atoms with Gasteiger partial charge in [0.05, 0.1) is 12.8 Å². The number of hydrogen-bond donors (Lipinski definition) is 1. The largest absolute Gasteiger partial charge is 0.495 e. The molecule has 136 valence electrons.